The maximum atomic E-state index is 13.5. The molecule has 2 heterocycles. The fraction of sp³-hybridized carbons (Fsp3) is 0.286. The zero-order chi connectivity index (χ0) is 30.5. The Morgan fingerprint density at radius 3 is 2.40 bits per heavy atom. The summed E-state index contributed by atoms with van der Waals surface area (Å²) in [4.78, 5) is 17.8. The predicted molar refractivity (Wildman–Crippen MR) is 172 cm³/mol. The van der Waals surface area contributed by atoms with Gasteiger partial charge in [0.25, 0.3) is 0 Å². The fourth-order valence-corrected chi connectivity index (χ4v) is 6.92. The lowest BCUT2D eigenvalue weighted by Crippen LogP contribution is -2.40. The third-order valence-corrected chi connectivity index (χ3v) is 8.66. The third-order valence-electron chi connectivity index (χ3n) is 5.56. The molecule has 2 aromatic carbocycles. The van der Waals surface area contributed by atoms with Crippen LogP contribution in [0, 0.1) is 0 Å². The summed E-state index contributed by atoms with van der Waals surface area (Å²) in [7, 11) is -3.97. The van der Waals surface area contributed by atoms with Gasteiger partial charge in [-0.25, -0.2) is 22.9 Å². The van der Waals surface area contributed by atoms with E-state index in [1.165, 1.54) is 17.4 Å². The molecular weight excluding hydrogens is 593 g/mol. The summed E-state index contributed by atoms with van der Waals surface area (Å²) in [6, 6.07) is 12.2. The molecule has 2 amide bonds. The molecule has 11 nitrogen and oxygen atoms in total. The number of thiazole rings is 1. The average molecular weight is 627 g/mol. The minimum absolute atomic E-state index is 0.0333. The zero-order valence-electron chi connectivity index (χ0n) is 23.9. The minimum atomic E-state index is -3.97. The van der Waals surface area contributed by atoms with Crippen LogP contribution < -0.4 is 26.0 Å². The van der Waals surface area contributed by atoms with E-state index < -0.39 is 21.6 Å². The van der Waals surface area contributed by atoms with Gasteiger partial charge in [-0.05, 0) is 83.2 Å². The molecule has 6 N–H and O–H groups in total. The number of amides is 2. The number of sulfonamides is 1. The van der Waals surface area contributed by atoms with E-state index in [2.05, 4.69) is 41.2 Å². The second kappa shape index (κ2) is 13.0. The van der Waals surface area contributed by atoms with E-state index >= 15 is 0 Å². The molecule has 0 spiro atoms. The van der Waals surface area contributed by atoms with E-state index in [1.807, 2.05) is 38.1 Å². The number of nitrogens with one attached hydrogen (secondary N) is 6. The van der Waals surface area contributed by atoms with Crippen LogP contribution in [0.2, 0.25) is 0 Å². The van der Waals surface area contributed by atoms with Gasteiger partial charge in [-0.3, -0.25) is 5.10 Å². The predicted octanol–water partition coefficient (Wildman–Crippen LogP) is 5.29. The molecule has 0 fully saturated rings. The van der Waals surface area contributed by atoms with E-state index in [1.54, 1.807) is 51.5 Å². The first kappa shape index (κ1) is 31.1. The van der Waals surface area contributed by atoms with Crippen molar-refractivity contribution in [3.05, 3.63) is 66.6 Å². The molecule has 0 aliphatic rings. The van der Waals surface area contributed by atoms with Crippen molar-refractivity contribution in [3.8, 4) is 21.0 Å². The van der Waals surface area contributed by atoms with Gasteiger partial charge >= 0.3 is 6.03 Å². The van der Waals surface area contributed by atoms with Crippen molar-refractivity contribution in [2.75, 3.05) is 10.6 Å². The summed E-state index contributed by atoms with van der Waals surface area (Å²) in [5, 5.41) is 19.5. The van der Waals surface area contributed by atoms with Gasteiger partial charge in [0.15, 0.2) is 5.11 Å². The summed E-state index contributed by atoms with van der Waals surface area (Å²) >= 11 is 6.69. The molecule has 0 unspecified atom stereocenters. The Morgan fingerprint density at radius 1 is 1.05 bits per heavy atom. The Kier molecular flexibility index (Phi) is 9.61. The van der Waals surface area contributed by atoms with E-state index in [9.17, 15) is 13.2 Å². The van der Waals surface area contributed by atoms with Gasteiger partial charge < -0.3 is 21.3 Å². The van der Waals surface area contributed by atoms with Crippen LogP contribution in [0.1, 0.15) is 40.2 Å². The van der Waals surface area contributed by atoms with E-state index in [0.29, 0.717) is 21.2 Å². The molecule has 0 atom stereocenters. The normalized spacial score (nSPS) is 11.8. The first-order valence-corrected chi connectivity index (χ1v) is 15.8. The number of anilines is 2. The average Bonchev–Trinajstić information content (AvgIpc) is 3.59. The number of thiocarbonyl (C=S) groups is 1. The van der Waals surface area contributed by atoms with Crippen molar-refractivity contribution in [1.82, 2.24) is 30.5 Å². The highest BCUT2D eigenvalue weighted by atomic mass is 32.2. The van der Waals surface area contributed by atoms with Crippen LogP contribution in [0.15, 0.2) is 66.0 Å². The van der Waals surface area contributed by atoms with Crippen molar-refractivity contribution < 1.29 is 13.2 Å². The van der Waals surface area contributed by atoms with Gasteiger partial charge in [-0.2, -0.15) is 5.10 Å². The molecule has 42 heavy (non-hydrogen) atoms. The Hall–Kier alpha value is -3.85. The molecular formula is C28H34N8O3S3. The fourth-order valence-electron chi connectivity index (χ4n) is 3.87. The van der Waals surface area contributed by atoms with Gasteiger partial charge in [-0.1, -0.05) is 6.07 Å². The van der Waals surface area contributed by atoms with Crippen LogP contribution in [0.4, 0.5) is 16.2 Å². The Balaban J connectivity index is 1.59. The van der Waals surface area contributed by atoms with Crippen molar-refractivity contribution in [2.24, 2.45) is 0 Å². The minimum Gasteiger partial charge on any atom is -0.360 e. The highest BCUT2D eigenvalue weighted by Crippen LogP contribution is 2.37. The lowest BCUT2D eigenvalue weighted by Gasteiger charge is -2.22. The number of rotatable bonds is 9. The lowest BCUT2D eigenvalue weighted by molar-refractivity contribution is 0.251. The number of H-pyrrole nitrogens is 1. The Labute approximate surface area is 255 Å². The van der Waals surface area contributed by atoms with E-state index in [-0.39, 0.29) is 17.5 Å². The van der Waals surface area contributed by atoms with Crippen molar-refractivity contribution >= 4 is 56.1 Å². The number of carbonyl (C=O) groups is 1. The SMILES string of the molecule is CC(C)NC(=S)Nc1ccc(-c2ncc(-c3ccc(NC(=O)NCc4cn[nH]c4)cc3S(=O)(=O)NC(C)(C)C)s2)cc1. The number of aromatic amines is 1. The second-order valence-electron chi connectivity index (χ2n) is 10.8. The largest absolute Gasteiger partial charge is 0.360 e. The number of urea groups is 1. The topological polar surface area (TPSA) is 153 Å². The molecule has 2 aromatic heterocycles. The van der Waals surface area contributed by atoms with Gasteiger partial charge in [-0.15, -0.1) is 11.3 Å². The molecule has 0 bridgehead atoms. The quantitative estimate of drug-likeness (QED) is 0.137. The van der Waals surface area contributed by atoms with Crippen LogP contribution in [0.25, 0.3) is 21.0 Å². The van der Waals surface area contributed by atoms with E-state index in [0.717, 1.165) is 21.8 Å². The summed E-state index contributed by atoms with van der Waals surface area (Å²) in [5.74, 6) is 0. The van der Waals surface area contributed by atoms with Crippen LogP contribution in [-0.2, 0) is 16.6 Å². The monoisotopic (exact) mass is 626 g/mol. The Bertz CT molecular complexity index is 1640. The van der Waals surface area contributed by atoms with E-state index in [4.69, 9.17) is 12.2 Å². The molecule has 0 aliphatic carbocycles. The maximum absolute atomic E-state index is 13.5. The first-order chi connectivity index (χ1) is 19.8. The number of hydrogen-bond acceptors (Lipinski definition) is 7. The summed E-state index contributed by atoms with van der Waals surface area (Å²) < 4.78 is 29.8. The Morgan fingerprint density at radius 2 is 1.76 bits per heavy atom. The number of nitrogens with zero attached hydrogens (tertiary/aromatic N) is 2. The van der Waals surface area contributed by atoms with Crippen LogP contribution in [-0.4, -0.2) is 46.3 Å². The standard InChI is InChI=1S/C28H34N8O3S3/c1-17(2)33-27(40)35-20-8-6-19(7-9-20)25-29-16-23(41-25)22-11-10-21(12-24(22)42(38,39)36-28(3,4)5)34-26(37)30-13-18-14-31-32-15-18/h6-12,14-17,36H,13H2,1-5H3,(H,31,32)(H2,30,34,37)(H2,33,35,40). The number of aromatic nitrogens is 3. The van der Waals surface area contributed by atoms with Crippen LogP contribution in [0.5, 0.6) is 0 Å². The first-order valence-electron chi connectivity index (χ1n) is 13.1. The lowest BCUT2D eigenvalue weighted by atomic mass is 10.1. The third kappa shape index (κ3) is 8.58. The number of hydrogen-bond donors (Lipinski definition) is 6. The highest BCUT2D eigenvalue weighted by Gasteiger charge is 2.26. The summed E-state index contributed by atoms with van der Waals surface area (Å²) in [6.45, 7) is 9.59. The molecule has 0 saturated carbocycles. The molecule has 222 valence electrons. The molecule has 0 saturated heterocycles. The zero-order valence-corrected chi connectivity index (χ0v) is 26.4. The summed E-state index contributed by atoms with van der Waals surface area (Å²) in [6.07, 6.45) is 4.94. The van der Waals surface area contributed by atoms with Gasteiger partial charge in [0, 0.05) is 58.6 Å². The highest BCUT2D eigenvalue weighted by molar-refractivity contribution is 7.89. The van der Waals surface area contributed by atoms with Gasteiger partial charge in [0.1, 0.15) is 5.01 Å². The van der Waals surface area contributed by atoms with Gasteiger partial charge in [0.05, 0.1) is 16.0 Å². The molecule has 4 aromatic rings. The van der Waals surface area contributed by atoms with Crippen molar-refractivity contribution in [2.45, 2.75) is 57.6 Å². The van der Waals surface area contributed by atoms with Crippen LogP contribution >= 0.6 is 23.6 Å². The molecule has 0 radical (unpaired) electrons. The smallest absolute Gasteiger partial charge is 0.319 e. The molecule has 0 aliphatic heterocycles. The number of carbonyl (C=O) groups excluding carboxylic acids is 1. The van der Waals surface area contributed by atoms with Crippen molar-refractivity contribution in [3.63, 3.8) is 0 Å². The molecule has 14 heteroatoms. The maximum Gasteiger partial charge on any atom is 0.319 e. The second-order valence-corrected chi connectivity index (χ2v) is 13.9. The van der Waals surface area contributed by atoms with Crippen LogP contribution in [0.3, 0.4) is 0 Å². The van der Waals surface area contributed by atoms with Crippen molar-refractivity contribution in [1.29, 1.82) is 0 Å². The number of benzene rings is 2. The van der Waals surface area contributed by atoms with Gasteiger partial charge in [0.2, 0.25) is 10.0 Å². The molecule has 4 rings (SSSR count). The summed E-state index contributed by atoms with van der Waals surface area (Å²) in [5.41, 5.74) is 2.61.